The number of esters is 1. The largest absolute Gasteiger partial charge is 0.506 e. The van der Waals surface area contributed by atoms with Gasteiger partial charge >= 0.3 is 17.8 Å². The van der Waals surface area contributed by atoms with Gasteiger partial charge in [-0.1, -0.05) is 11.6 Å². The molecule has 24 heavy (non-hydrogen) atoms. The third-order valence-electron chi connectivity index (χ3n) is 2.98. The normalized spacial score (nSPS) is 9.92. The number of anilines is 2. The van der Waals surface area contributed by atoms with Crippen LogP contribution in [0.3, 0.4) is 0 Å². The van der Waals surface area contributed by atoms with E-state index in [9.17, 15) is 19.5 Å². The quantitative estimate of drug-likeness (QED) is 0.449. The zero-order valence-electron chi connectivity index (χ0n) is 12.5. The highest BCUT2D eigenvalue weighted by Gasteiger charge is 2.16. The fourth-order valence-electron chi connectivity index (χ4n) is 1.78. The average Bonchev–Trinajstić information content (AvgIpc) is 2.58. The molecule has 2 amide bonds. The Morgan fingerprint density at radius 3 is 2.25 bits per heavy atom. The van der Waals surface area contributed by atoms with Crippen molar-refractivity contribution in [1.29, 1.82) is 0 Å². The number of carbonyl (C=O) groups is 3. The second-order valence-electron chi connectivity index (χ2n) is 4.64. The van der Waals surface area contributed by atoms with E-state index in [0.717, 1.165) is 0 Å². The van der Waals surface area contributed by atoms with E-state index in [1.165, 1.54) is 49.6 Å². The second-order valence-corrected chi connectivity index (χ2v) is 5.08. The van der Waals surface area contributed by atoms with E-state index in [1.807, 2.05) is 0 Å². The molecule has 2 aromatic rings. The van der Waals surface area contributed by atoms with E-state index >= 15 is 0 Å². The van der Waals surface area contributed by atoms with Gasteiger partial charge in [0.15, 0.2) is 0 Å². The van der Waals surface area contributed by atoms with E-state index in [2.05, 4.69) is 15.4 Å². The molecule has 8 heteroatoms. The summed E-state index contributed by atoms with van der Waals surface area (Å²) in [5.41, 5.74) is 0.644. The van der Waals surface area contributed by atoms with Gasteiger partial charge in [0.25, 0.3) is 0 Å². The number of halogens is 1. The molecule has 0 saturated carbocycles. The molecule has 3 N–H and O–H groups in total. The molecule has 0 unspecified atom stereocenters. The Morgan fingerprint density at radius 2 is 1.62 bits per heavy atom. The van der Waals surface area contributed by atoms with Crippen molar-refractivity contribution in [3.8, 4) is 5.75 Å². The minimum atomic E-state index is -0.982. The first-order valence-electron chi connectivity index (χ1n) is 6.70. The third kappa shape index (κ3) is 4.23. The molecular formula is C16H13ClN2O5. The lowest BCUT2D eigenvalue weighted by Gasteiger charge is -2.08. The van der Waals surface area contributed by atoms with Crippen LogP contribution in [0.5, 0.6) is 5.75 Å². The van der Waals surface area contributed by atoms with Crippen LogP contribution in [0.25, 0.3) is 0 Å². The van der Waals surface area contributed by atoms with Crippen LogP contribution < -0.4 is 10.6 Å². The van der Waals surface area contributed by atoms with Gasteiger partial charge in [-0.05, 0) is 42.5 Å². The standard InChI is InChI=1S/C16H13ClN2O5/c1-24-16(23)9-2-5-11(6-3-9)18-14(21)15(22)19-12-8-10(17)4-7-13(12)20/h2-8,20H,1H3,(H,18,21)(H,19,22). The topological polar surface area (TPSA) is 105 Å². The number of phenols is 1. The van der Waals surface area contributed by atoms with Crippen molar-refractivity contribution in [3.63, 3.8) is 0 Å². The maximum atomic E-state index is 11.9. The first-order chi connectivity index (χ1) is 11.4. The Balaban J connectivity index is 2.02. The van der Waals surface area contributed by atoms with Crippen molar-refractivity contribution in [1.82, 2.24) is 0 Å². The van der Waals surface area contributed by atoms with E-state index in [0.29, 0.717) is 16.3 Å². The summed E-state index contributed by atoms with van der Waals surface area (Å²) in [6.07, 6.45) is 0. The lowest BCUT2D eigenvalue weighted by atomic mass is 10.2. The number of amides is 2. The van der Waals surface area contributed by atoms with E-state index in [1.54, 1.807) is 0 Å². The summed E-state index contributed by atoms with van der Waals surface area (Å²) in [5, 5.41) is 14.5. The number of aromatic hydroxyl groups is 1. The highest BCUT2D eigenvalue weighted by Crippen LogP contribution is 2.26. The SMILES string of the molecule is COC(=O)c1ccc(NC(=O)C(=O)Nc2cc(Cl)ccc2O)cc1. The lowest BCUT2D eigenvalue weighted by Crippen LogP contribution is -2.29. The molecule has 0 aliphatic rings. The summed E-state index contributed by atoms with van der Waals surface area (Å²) < 4.78 is 4.56. The Morgan fingerprint density at radius 1 is 1.00 bits per heavy atom. The zero-order chi connectivity index (χ0) is 17.7. The molecule has 0 aliphatic heterocycles. The van der Waals surface area contributed by atoms with Crippen molar-refractivity contribution in [2.75, 3.05) is 17.7 Å². The minimum Gasteiger partial charge on any atom is -0.506 e. The number of rotatable bonds is 3. The Hall–Kier alpha value is -3.06. The summed E-state index contributed by atoms with van der Waals surface area (Å²) in [4.78, 5) is 35.0. The Kier molecular flexibility index (Phi) is 5.39. The van der Waals surface area contributed by atoms with Crippen molar-refractivity contribution < 1.29 is 24.2 Å². The molecule has 2 aromatic carbocycles. The smallest absolute Gasteiger partial charge is 0.337 e. The van der Waals surface area contributed by atoms with Crippen LogP contribution in [0, 0.1) is 0 Å². The number of phenolic OH excluding ortho intramolecular Hbond substituents is 1. The monoisotopic (exact) mass is 348 g/mol. The van der Waals surface area contributed by atoms with Gasteiger partial charge in [0, 0.05) is 10.7 Å². The Labute approximate surface area is 142 Å². The molecule has 0 atom stereocenters. The molecule has 0 radical (unpaired) electrons. The zero-order valence-corrected chi connectivity index (χ0v) is 13.3. The number of ether oxygens (including phenoxy) is 1. The molecule has 2 rings (SSSR count). The highest BCUT2D eigenvalue weighted by molar-refractivity contribution is 6.44. The summed E-state index contributed by atoms with van der Waals surface area (Å²) in [5.74, 6) is -2.66. The van der Waals surface area contributed by atoms with Gasteiger partial charge in [-0.3, -0.25) is 9.59 Å². The maximum absolute atomic E-state index is 11.9. The van der Waals surface area contributed by atoms with Gasteiger partial charge < -0.3 is 20.5 Å². The molecule has 0 fully saturated rings. The van der Waals surface area contributed by atoms with Crippen LogP contribution in [0.2, 0.25) is 5.02 Å². The average molecular weight is 349 g/mol. The van der Waals surface area contributed by atoms with Crippen molar-refractivity contribution in [3.05, 3.63) is 53.1 Å². The van der Waals surface area contributed by atoms with Crippen LogP contribution in [0.1, 0.15) is 10.4 Å². The third-order valence-corrected chi connectivity index (χ3v) is 3.21. The van der Waals surface area contributed by atoms with Gasteiger partial charge in [-0.25, -0.2) is 4.79 Å². The van der Waals surface area contributed by atoms with E-state index in [-0.39, 0.29) is 11.4 Å². The number of carbonyl (C=O) groups excluding carboxylic acids is 3. The molecule has 0 aliphatic carbocycles. The predicted octanol–water partition coefficient (Wildman–Crippen LogP) is 2.41. The highest BCUT2D eigenvalue weighted by atomic mass is 35.5. The molecule has 124 valence electrons. The van der Waals surface area contributed by atoms with Crippen LogP contribution in [-0.2, 0) is 14.3 Å². The lowest BCUT2D eigenvalue weighted by molar-refractivity contribution is -0.133. The summed E-state index contributed by atoms with van der Waals surface area (Å²) in [6, 6.07) is 9.84. The number of methoxy groups -OCH3 is 1. The molecule has 0 bridgehead atoms. The number of hydrogen-bond donors (Lipinski definition) is 3. The molecule has 0 aromatic heterocycles. The van der Waals surface area contributed by atoms with Gasteiger partial charge in [-0.15, -0.1) is 0 Å². The van der Waals surface area contributed by atoms with Gasteiger partial charge in [0.05, 0.1) is 18.4 Å². The molecule has 7 nitrogen and oxygen atoms in total. The predicted molar refractivity (Wildman–Crippen MR) is 88.2 cm³/mol. The van der Waals surface area contributed by atoms with Crippen LogP contribution in [0.4, 0.5) is 11.4 Å². The van der Waals surface area contributed by atoms with Crippen molar-refractivity contribution >= 4 is 40.8 Å². The molecule has 0 heterocycles. The van der Waals surface area contributed by atoms with Crippen molar-refractivity contribution in [2.45, 2.75) is 0 Å². The molecule has 0 spiro atoms. The Bertz CT molecular complexity index is 790. The second kappa shape index (κ2) is 7.47. The maximum Gasteiger partial charge on any atom is 0.337 e. The first kappa shape index (κ1) is 17.3. The number of benzene rings is 2. The summed E-state index contributed by atoms with van der Waals surface area (Å²) >= 11 is 5.76. The van der Waals surface area contributed by atoms with E-state index in [4.69, 9.17) is 11.6 Å². The van der Waals surface area contributed by atoms with Crippen LogP contribution >= 0.6 is 11.6 Å². The summed E-state index contributed by atoms with van der Waals surface area (Å²) in [6.45, 7) is 0. The molecular weight excluding hydrogens is 336 g/mol. The minimum absolute atomic E-state index is 0.0173. The van der Waals surface area contributed by atoms with Crippen LogP contribution in [0.15, 0.2) is 42.5 Å². The number of nitrogens with one attached hydrogen (secondary N) is 2. The summed E-state index contributed by atoms with van der Waals surface area (Å²) in [7, 11) is 1.26. The first-order valence-corrected chi connectivity index (χ1v) is 7.07. The van der Waals surface area contributed by atoms with Gasteiger partial charge in [-0.2, -0.15) is 0 Å². The molecule has 0 saturated heterocycles. The number of hydrogen-bond acceptors (Lipinski definition) is 5. The van der Waals surface area contributed by atoms with Gasteiger partial charge in [0.2, 0.25) is 0 Å². The fraction of sp³-hybridized carbons (Fsp3) is 0.0625. The van der Waals surface area contributed by atoms with Gasteiger partial charge in [0.1, 0.15) is 5.75 Å². The fourth-order valence-corrected chi connectivity index (χ4v) is 1.95. The van der Waals surface area contributed by atoms with Crippen LogP contribution in [-0.4, -0.2) is 30.0 Å². The van der Waals surface area contributed by atoms with E-state index < -0.39 is 17.8 Å². The van der Waals surface area contributed by atoms with Crippen molar-refractivity contribution in [2.24, 2.45) is 0 Å².